The Bertz CT molecular complexity index is 1000. The fourth-order valence-corrected chi connectivity index (χ4v) is 5.56. The zero-order valence-electron chi connectivity index (χ0n) is 16.4. The van der Waals surface area contributed by atoms with Gasteiger partial charge < -0.3 is 10.1 Å². The van der Waals surface area contributed by atoms with Crippen molar-refractivity contribution < 1.29 is 17.9 Å². The van der Waals surface area contributed by atoms with Crippen molar-refractivity contribution in [2.75, 3.05) is 25.0 Å². The van der Waals surface area contributed by atoms with E-state index in [1.807, 2.05) is 19.1 Å². The zero-order valence-corrected chi connectivity index (χ0v) is 20.4. The number of nitrogens with one attached hydrogen (secondary N) is 1. The highest BCUT2D eigenvalue weighted by Gasteiger charge is 2.22. The molecular weight excluding hydrogens is 536 g/mol. The van der Waals surface area contributed by atoms with Crippen LogP contribution in [0.1, 0.15) is 5.56 Å². The second-order valence-corrected chi connectivity index (χ2v) is 10.0. The largest absolute Gasteiger partial charge is 0.482 e. The van der Waals surface area contributed by atoms with Crippen molar-refractivity contribution in [3.63, 3.8) is 0 Å². The number of aryl methyl sites for hydroxylation is 1. The van der Waals surface area contributed by atoms with E-state index in [4.69, 9.17) is 4.74 Å². The minimum absolute atomic E-state index is 0.120. The normalized spacial score (nSPS) is 11.2. The van der Waals surface area contributed by atoms with Crippen LogP contribution >= 0.6 is 31.9 Å². The number of benzene rings is 2. The monoisotopic (exact) mass is 556 g/mol. The highest BCUT2D eigenvalue weighted by molar-refractivity contribution is 9.11. The van der Waals surface area contributed by atoms with E-state index in [0.717, 1.165) is 14.5 Å². The van der Waals surface area contributed by atoms with Crippen molar-refractivity contribution in [3.8, 4) is 5.75 Å². The minimum atomic E-state index is -3.69. The van der Waals surface area contributed by atoms with Crippen LogP contribution in [0.25, 0.3) is 0 Å². The van der Waals surface area contributed by atoms with E-state index < -0.39 is 10.0 Å². The molecule has 160 valence electrons. The molecule has 2 rings (SSSR count). The summed E-state index contributed by atoms with van der Waals surface area (Å²) in [5.41, 5.74) is 1.34. The van der Waals surface area contributed by atoms with Gasteiger partial charge in [-0.3, -0.25) is 4.79 Å². The molecular formula is C21H22Br2N2O4S. The maximum Gasteiger partial charge on any atom is 0.262 e. The van der Waals surface area contributed by atoms with E-state index in [1.54, 1.807) is 0 Å². The highest BCUT2D eigenvalue weighted by atomic mass is 79.9. The maximum atomic E-state index is 12.7. The molecule has 1 N–H and O–H groups in total. The van der Waals surface area contributed by atoms with Crippen LogP contribution in [0.2, 0.25) is 0 Å². The molecule has 0 radical (unpaired) electrons. The first-order chi connectivity index (χ1) is 14.2. The van der Waals surface area contributed by atoms with Crippen LogP contribution < -0.4 is 10.1 Å². The minimum Gasteiger partial charge on any atom is -0.482 e. The number of halogens is 2. The van der Waals surface area contributed by atoms with E-state index in [2.05, 4.69) is 50.3 Å². The molecule has 2 aromatic carbocycles. The number of carbonyl (C=O) groups excluding carboxylic acids is 1. The van der Waals surface area contributed by atoms with Gasteiger partial charge in [-0.05, 0) is 64.8 Å². The van der Waals surface area contributed by atoms with Gasteiger partial charge in [0.25, 0.3) is 5.91 Å². The molecule has 0 heterocycles. The first kappa shape index (κ1) is 24.3. The van der Waals surface area contributed by atoms with Gasteiger partial charge in [0.1, 0.15) is 5.75 Å². The second-order valence-electron chi connectivity index (χ2n) is 6.29. The topological polar surface area (TPSA) is 75.7 Å². The van der Waals surface area contributed by atoms with Crippen molar-refractivity contribution in [1.82, 2.24) is 4.31 Å². The summed E-state index contributed by atoms with van der Waals surface area (Å²) in [6.07, 6.45) is 3.03. The molecule has 0 saturated carbocycles. The molecule has 0 spiro atoms. The van der Waals surface area contributed by atoms with Gasteiger partial charge in [0, 0.05) is 23.2 Å². The molecule has 9 heteroatoms. The Balaban J connectivity index is 2.04. The summed E-state index contributed by atoms with van der Waals surface area (Å²) in [6.45, 7) is 9.22. The fraction of sp³-hybridized carbons (Fsp3) is 0.190. The Labute approximate surface area is 193 Å². The van der Waals surface area contributed by atoms with Crippen LogP contribution in [-0.2, 0) is 14.8 Å². The van der Waals surface area contributed by atoms with Crippen molar-refractivity contribution in [2.24, 2.45) is 0 Å². The molecule has 0 aliphatic rings. The third-order valence-corrected chi connectivity index (χ3v) is 6.88. The Kier molecular flexibility index (Phi) is 8.84. The summed E-state index contributed by atoms with van der Waals surface area (Å²) < 4.78 is 33.9. The Morgan fingerprint density at radius 2 is 1.73 bits per heavy atom. The summed E-state index contributed by atoms with van der Waals surface area (Å²) in [5, 5.41) is 2.69. The summed E-state index contributed by atoms with van der Waals surface area (Å²) in [5.74, 6) is 0.221. The predicted octanol–water partition coefficient (Wildman–Crippen LogP) is 4.90. The SMILES string of the molecule is C=CCN(CC=C)S(=O)(=O)c1ccc(NC(=O)COc2c(C)cc(Br)cc2Br)cc1. The lowest BCUT2D eigenvalue weighted by Crippen LogP contribution is -2.31. The van der Waals surface area contributed by atoms with Crippen LogP contribution in [0.5, 0.6) is 5.75 Å². The van der Waals surface area contributed by atoms with Gasteiger partial charge in [0.2, 0.25) is 10.0 Å². The molecule has 0 aliphatic heterocycles. The Hall–Kier alpha value is -1.94. The molecule has 0 aliphatic carbocycles. The molecule has 0 aromatic heterocycles. The molecule has 0 atom stereocenters. The zero-order chi connectivity index (χ0) is 22.3. The lowest BCUT2D eigenvalue weighted by Gasteiger charge is -2.19. The summed E-state index contributed by atoms with van der Waals surface area (Å²) in [7, 11) is -3.69. The van der Waals surface area contributed by atoms with E-state index >= 15 is 0 Å². The number of ether oxygens (including phenoxy) is 1. The Morgan fingerprint density at radius 1 is 1.13 bits per heavy atom. The number of rotatable bonds is 10. The third kappa shape index (κ3) is 6.28. The number of amides is 1. The van der Waals surface area contributed by atoms with Crippen LogP contribution in [0.15, 0.2) is 75.5 Å². The van der Waals surface area contributed by atoms with Crippen LogP contribution in [0.3, 0.4) is 0 Å². The Morgan fingerprint density at radius 3 is 2.27 bits per heavy atom. The number of anilines is 1. The maximum absolute atomic E-state index is 12.7. The van der Waals surface area contributed by atoms with E-state index in [9.17, 15) is 13.2 Å². The smallest absolute Gasteiger partial charge is 0.262 e. The van der Waals surface area contributed by atoms with Gasteiger partial charge in [-0.2, -0.15) is 4.31 Å². The molecule has 0 unspecified atom stereocenters. The molecule has 2 aromatic rings. The van der Waals surface area contributed by atoms with Crippen molar-refractivity contribution in [3.05, 3.63) is 76.2 Å². The quantitative estimate of drug-likeness (QED) is 0.421. The molecule has 1 amide bonds. The molecule has 30 heavy (non-hydrogen) atoms. The summed E-state index contributed by atoms with van der Waals surface area (Å²) in [4.78, 5) is 12.3. The number of carbonyl (C=O) groups is 1. The van der Waals surface area contributed by atoms with Crippen molar-refractivity contribution >= 4 is 53.5 Å². The van der Waals surface area contributed by atoms with E-state index in [1.165, 1.54) is 40.7 Å². The van der Waals surface area contributed by atoms with Crippen LogP contribution in [0, 0.1) is 6.92 Å². The number of hydrogen-bond donors (Lipinski definition) is 1. The highest BCUT2D eigenvalue weighted by Crippen LogP contribution is 2.32. The van der Waals surface area contributed by atoms with Gasteiger partial charge in [-0.15, -0.1) is 13.2 Å². The van der Waals surface area contributed by atoms with E-state index in [0.29, 0.717) is 11.4 Å². The third-order valence-electron chi connectivity index (χ3n) is 3.98. The molecule has 0 bridgehead atoms. The average Bonchev–Trinajstić information content (AvgIpc) is 2.67. The van der Waals surface area contributed by atoms with Gasteiger partial charge in [-0.25, -0.2) is 8.42 Å². The van der Waals surface area contributed by atoms with Gasteiger partial charge in [0.05, 0.1) is 9.37 Å². The van der Waals surface area contributed by atoms with Gasteiger partial charge in [0.15, 0.2) is 6.61 Å². The van der Waals surface area contributed by atoms with Gasteiger partial charge >= 0.3 is 0 Å². The standard InChI is InChI=1S/C21H22Br2N2O4S/c1-4-10-25(11-5-2)30(27,28)18-8-6-17(7-9-18)24-20(26)14-29-21-15(3)12-16(22)13-19(21)23/h4-9,12-13H,1-2,10-11,14H2,3H3,(H,24,26). The lowest BCUT2D eigenvalue weighted by atomic mass is 10.2. The lowest BCUT2D eigenvalue weighted by molar-refractivity contribution is -0.118. The average molecular weight is 558 g/mol. The summed E-state index contributed by atoms with van der Waals surface area (Å²) >= 11 is 6.81. The van der Waals surface area contributed by atoms with Crippen molar-refractivity contribution in [2.45, 2.75) is 11.8 Å². The van der Waals surface area contributed by atoms with Gasteiger partial charge in [-0.1, -0.05) is 28.1 Å². The first-order valence-corrected chi connectivity index (χ1v) is 11.9. The number of nitrogens with zero attached hydrogens (tertiary/aromatic N) is 1. The summed E-state index contributed by atoms with van der Waals surface area (Å²) in [6, 6.07) is 9.68. The molecule has 6 nitrogen and oxygen atoms in total. The molecule has 0 fully saturated rings. The number of hydrogen-bond acceptors (Lipinski definition) is 4. The number of sulfonamides is 1. The second kappa shape index (κ2) is 10.9. The van der Waals surface area contributed by atoms with Crippen LogP contribution in [-0.4, -0.2) is 38.3 Å². The predicted molar refractivity (Wildman–Crippen MR) is 126 cm³/mol. The molecule has 0 saturated heterocycles. The first-order valence-electron chi connectivity index (χ1n) is 8.89. The van der Waals surface area contributed by atoms with Crippen molar-refractivity contribution in [1.29, 1.82) is 0 Å². The van der Waals surface area contributed by atoms with Crippen LogP contribution in [0.4, 0.5) is 5.69 Å². The van der Waals surface area contributed by atoms with E-state index in [-0.39, 0.29) is 30.5 Å². The fourth-order valence-electron chi connectivity index (χ4n) is 2.62.